The quantitative estimate of drug-likeness (QED) is 0.863. The predicted molar refractivity (Wildman–Crippen MR) is 97.2 cm³/mol. The maximum absolute atomic E-state index is 9.68. The molecule has 0 aromatic heterocycles. The lowest BCUT2D eigenvalue weighted by Crippen LogP contribution is -2.20. The van der Waals surface area contributed by atoms with Crippen LogP contribution < -0.4 is 0 Å². The Morgan fingerprint density at radius 3 is 1.38 bits per heavy atom. The van der Waals surface area contributed by atoms with Gasteiger partial charge in [0.1, 0.15) is 12.1 Å². The maximum Gasteiger partial charge on any atom is 0.274 e. The van der Waals surface area contributed by atoms with Gasteiger partial charge >= 0.3 is 0 Å². The van der Waals surface area contributed by atoms with Crippen molar-refractivity contribution in [2.75, 3.05) is 13.2 Å². The number of hydrogen-bond acceptors (Lipinski definition) is 6. The van der Waals surface area contributed by atoms with Gasteiger partial charge in [-0.05, 0) is 11.1 Å². The average Bonchev–Trinajstić information content (AvgIpc) is 3.33. The van der Waals surface area contributed by atoms with E-state index in [0.717, 1.165) is 11.1 Å². The van der Waals surface area contributed by atoms with Gasteiger partial charge in [0, 0.05) is 0 Å². The highest BCUT2D eigenvalue weighted by atomic mass is 16.6. The summed E-state index contributed by atoms with van der Waals surface area (Å²) >= 11 is 0. The highest BCUT2D eigenvalue weighted by Crippen LogP contribution is 2.34. The zero-order valence-corrected chi connectivity index (χ0v) is 14.1. The molecule has 0 radical (unpaired) electrons. The number of aliphatic imine (C=N–C) groups is 2. The van der Waals surface area contributed by atoms with Gasteiger partial charge in [0.05, 0.1) is 13.2 Å². The van der Waals surface area contributed by atoms with Crippen molar-refractivity contribution in [3.05, 3.63) is 71.8 Å². The Labute approximate surface area is 151 Å². The third-order valence-electron chi connectivity index (χ3n) is 4.56. The molecule has 0 saturated heterocycles. The molecule has 4 atom stereocenters. The van der Waals surface area contributed by atoms with Crippen LogP contribution in [-0.2, 0) is 9.47 Å². The molecule has 0 spiro atoms. The van der Waals surface area contributed by atoms with Crippen molar-refractivity contribution in [2.45, 2.75) is 24.3 Å². The minimum absolute atomic E-state index is 0.137. The first-order chi connectivity index (χ1) is 12.8. The van der Waals surface area contributed by atoms with Crippen LogP contribution in [0.2, 0.25) is 0 Å². The molecule has 0 unspecified atom stereocenters. The zero-order chi connectivity index (χ0) is 17.9. The molecular formula is C20H20N2O4. The van der Waals surface area contributed by atoms with E-state index in [2.05, 4.69) is 9.98 Å². The minimum atomic E-state index is -0.415. The fourth-order valence-electron chi connectivity index (χ4n) is 3.25. The van der Waals surface area contributed by atoms with Gasteiger partial charge < -0.3 is 19.7 Å². The summed E-state index contributed by atoms with van der Waals surface area (Å²) in [7, 11) is 0. The monoisotopic (exact) mass is 352 g/mol. The van der Waals surface area contributed by atoms with Crippen molar-refractivity contribution in [1.82, 2.24) is 0 Å². The number of nitrogens with zero attached hydrogens (tertiary/aromatic N) is 2. The topological polar surface area (TPSA) is 83.6 Å². The Balaban J connectivity index is 1.56. The molecule has 2 aliphatic rings. The largest absolute Gasteiger partial charge is 0.463 e. The highest BCUT2D eigenvalue weighted by Gasteiger charge is 2.40. The summed E-state index contributed by atoms with van der Waals surface area (Å²) in [4.78, 5) is 8.90. The van der Waals surface area contributed by atoms with E-state index in [1.165, 1.54) is 0 Å². The van der Waals surface area contributed by atoms with E-state index in [9.17, 15) is 10.2 Å². The first-order valence-electron chi connectivity index (χ1n) is 8.61. The lowest BCUT2D eigenvalue weighted by atomic mass is 10.0. The van der Waals surface area contributed by atoms with Crippen LogP contribution in [0.25, 0.3) is 0 Å². The van der Waals surface area contributed by atoms with Crippen LogP contribution in [0.4, 0.5) is 0 Å². The third-order valence-corrected chi connectivity index (χ3v) is 4.56. The van der Waals surface area contributed by atoms with E-state index in [1.54, 1.807) is 0 Å². The molecule has 6 heteroatoms. The normalized spacial score (nSPS) is 27.5. The van der Waals surface area contributed by atoms with Crippen LogP contribution in [0.3, 0.4) is 0 Å². The van der Waals surface area contributed by atoms with E-state index < -0.39 is 12.1 Å². The van der Waals surface area contributed by atoms with Crippen molar-refractivity contribution in [2.24, 2.45) is 9.98 Å². The molecule has 0 saturated carbocycles. The summed E-state index contributed by atoms with van der Waals surface area (Å²) in [5.74, 6) is 0.546. The molecule has 0 amide bonds. The molecule has 26 heavy (non-hydrogen) atoms. The number of aliphatic hydroxyl groups excluding tert-OH is 2. The second-order valence-electron chi connectivity index (χ2n) is 6.27. The van der Waals surface area contributed by atoms with E-state index >= 15 is 0 Å². The van der Waals surface area contributed by atoms with Gasteiger partial charge in [-0.25, -0.2) is 9.98 Å². The molecule has 2 N–H and O–H groups in total. The smallest absolute Gasteiger partial charge is 0.274 e. The average molecular weight is 352 g/mol. The first-order valence-corrected chi connectivity index (χ1v) is 8.61. The fourth-order valence-corrected chi connectivity index (χ4v) is 3.25. The third kappa shape index (κ3) is 3.09. The van der Waals surface area contributed by atoms with E-state index in [-0.39, 0.29) is 37.2 Å². The van der Waals surface area contributed by atoms with Crippen molar-refractivity contribution >= 4 is 11.8 Å². The van der Waals surface area contributed by atoms with Crippen molar-refractivity contribution in [3.63, 3.8) is 0 Å². The van der Waals surface area contributed by atoms with Crippen LogP contribution in [-0.4, -0.2) is 47.3 Å². The van der Waals surface area contributed by atoms with Crippen LogP contribution in [0.15, 0.2) is 70.6 Å². The summed E-state index contributed by atoms with van der Waals surface area (Å²) in [6, 6.07) is 18.4. The molecule has 2 aromatic rings. The molecule has 6 nitrogen and oxygen atoms in total. The lowest BCUT2D eigenvalue weighted by molar-refractivity contribution is 0.140. The Bertz CT molecular complexity index is 738. The SMILES string of the molecule is OC[C@@H]1N=C(C2=N[C@@H](CO)[C@H](c3ccccc3)O2)O[C@H]1c1ccccc1. The Hall–Kier alpha value is -2.70. The van der Waals surface area contributed by atoms with E-state index in [1.807, 2.05) is 60.7 Å². The second kappa shape index (κ2) is 7.27. The van der Waals surface area contributed by atoms with E-state index in [0.29, 0.717) is 0 Å². The number of rotatable bonds is 5. The fraction of sp³-hybridized carbons (Fsp3) is 0.300. The molecular weight excluding hydrogens is 332 g/mol. The van der Waals surface area contributed by atoms with Crippen LogP contribution in [0, 0.1) is 0 Å². The van der Waals surface area contributed by atoms with Gasteiger partial charge in [-0.1, -0.05) is 60.7 Å². The standard InChI is InChI=1S/C20H20N2O4/c23-11-15-17(13-7-3-1-4-8-13)25-19(21-15)20-22-16(12-24)18(26-20)14-9-5-2-6-10-14/h1-10,15-18,23-24H,11-12H2/t15-,16-,17-,18-/m0/s1. The second-order valence-corrected chi connectivity index (χ2v) is 6.27. The molecule has 2 aliphatic heterocycles. The summed E-state index contributed by atoms with van der Waals surface area (Å²) in [5.41, 5.74) is 1.87. The van der Waals surface area contributed by atoms with Gasteiger partial charge in [0.2, 0.25) is 0 Å². The number of aliphatic hydroxyl groups is 2. The molecule has 0 aliphatic carbocycles. The molecule has 4 rings (SSSR count). The highest BCUT2D eigenvalue weighted by molar-refractivity contribution is 6.36. The number of benzene rings is 2. The van der Waals surface area contributed by atoms with Crippen molar-refractivity contribution in [1.29, 1.82) is 0 Å². The summed E-state index contributed by atoms with van der Waals surface area (Å²) in [5, 5.41) is 19.4. The zero-order valence-electron chi connectivity index (χ0n) is 14.1. The molecule has 2 heterocycles. The molecule has 0 bridgehead atoms. The van der Waals surface area contributed by atoms with E-state index in [4.69, 9.17) is 9.47 Å². The predicted octanol–water partition coefficient (Wildman–Crippen LogP) is 2.05. The van der Waals surface area contributed by atoms with Crippen molar-refractivity contribution < 1.29 is 19.7 Å². The molecule has 134 valence electrons. The number of ether oxygens (including phenoxy) is 2. The van der Waals surface area contributed by atoms with Gasteiger partial charge in [0.25, 0.3) is 11.8 Å². The molecule has 2 aromatic carbocycles. The van der Waals surface area contributed by atoms with Gasteiger partial charge in [-0.3, -0.25) is 0 Å². The van der Waals surface area contributed by atoms with Gasteiger partial charge in [-0.2, -0.15) is 0 Å². The first kappa shape index (κ1) is 16.8. The van der Waals surface area contributed by atoms with Gasteiger partial charge in [-0.15, -0.1) is 0 Å². The van der Waals surface area contributed by atoms with Crippen molar-refractivity contribution in [3.8, 4) is 0 Å². The summed E-state index contributed by atoms with van der Waals surface area (Å²) in [6.45, 7) is -0.274. The van der Waals surface area contributed by atoms with Crippen LogP contribution in [0.1, 0.15) is 23.3 Å². The lowest BCUT2D eigenvalue weighted by Gasteiger charge is -2.17. The molecule has 0 fully saturated rings. The maximum atomic E-state index is 9.68. The van der Waals surface area contributed by atoms with Crippen LogP contribution in [0.5, 0.6) is 0 Å². The number of hydrogen-bond donors (Lipinski definition) is 2. The minimum Gasteiger partial charge on any atom is -0.463 e. The van der Waals surface area contributed by atoms with Gasteiger partial charge in [0.15, 0.2) is 12.2 Å². The summed E-state index contributed by atoms with van der Waals surface area (Å²) in [6.07, 6.45) is -0.767. The Kier molecular flexibility index (Phi) is 4.69. The Morgan fingerprint density at radius 2 is 1.04 bits per heavy atom. The van der Waals surface area contributed by atoms with Crippen LogP contribution >= 0.6 is 0 Å². The summed E-state index contributed by atoms with van der Waals surface area (Å²) < 4.78 is 11.9. The Morgan fingerprint density at radius 1 is 0.654 bits per heavy atom.